The highest BCUT2D eigenvalue weighted by molar-refractivity contribution is 6.20. The van der Waals surface area contributed by atoms with E-state index >= 15 is 0 Å². The van der Waals surface area contributed by atoms with Crippen molar-refractivity contribution in [1.29, 1.82) is 0 Å². The minimum absolute atomic E-state index is 0.0387. The van der Waals surface area contributed by atoms with Crippen LogP contribution < -0.4 is 4.74 Å². The summed E-state index contributed by atoms with van der Waals surface area (Å²) in [5.41, 5.74) is 0.952. The first-order valence-corrected chi connectivity index (χ1v) is 6.48. The lowest BCUT2D eigenvalue weighted by Crippen LogP contribution is -2.18. The van der Waals surface area contributed by atoms with Crippen molar-refractivity contribution in [2.45, 2.75) is 52.0 Å². The van der Waals surface area contributed by atoms with Crippen molar-refractivity contribution >= 4 is 11.6 Å². The average molecular weight is 257 g/mol. The van der Waals surface area contributed by atoms with E-state index in [1.807, 2.05) is 26.8 Å². The summed E-state index contributed by atoms with van der Waals surface area (Å²) in [4.78, 5) is 8.42. The van der Waals surface area contributed by atoms with E-state index in [0.29, 0.717) is 11.8 Å². The van der Waals surface area contributed by atoms with Gasteiger partial charge in [0.05, 0.1) is 11.8 Å². The van der Waals surface area contributed by atoms with Crippen molar-refractivity contribution in [2.24, 2.45) is 5.92 Å². The zero-order valence-electron chi connectivity index (χ0n) is 11.1. The van der Waals surface area contributed by atoms with Crippen LogP contribution in [0.3, 0.4) is 0 Å². The van der Waals surface area contributed by atoms with Gasteiger partial charge >= 0.3 is 0 Å². The minimum atomic E-state index is 0.0387. The van der Waals surface area contributed by atoms with Crippen molar-refractivity contribution in [1.82, 2.24) is 9.97 Å². The highest BCUT2D eigenvalue weighted by Crippen LogP contribution is 2.30. The summed E-state index contributed by atoms with van der Waals surface area (Å²) in [5, 5.41) is 0.0387. The second kappa shape index (κ2) is 6.20. The topological polar surface area (TPSA) is 35.0 Å². The van der Waals surface area contributed by atoms with E-state index in [0.717, 1.165) is 5.69 Å². The average Bonchev–Trinajstić information content (AvgIpc) is 2.15. The molecular weight excluding hydrogens is 236 g/mol. The first-order chi connectivity index (χ1) is 7.91. The number of nitrogens with zero attached hydrogens (tertiary/aromatic N) is 2. The van der Waals surface area contributed by atoms with Crippen LogP contribution in [0.15, 0.2) is 12.4 Å². The molecule has 2 unspecified atom stereocenters. The molecule has 1 aromatic rings. The van der Waals surface area contributed by atoms with Gasteiger partial charge in [0, 0.05) is 17.4 Å². The van der Waals surface area contributed by atoms with Crippen molar-refractivity contribution in [3.63, 3.8) is 0 Å². The van der Waals surface area contributed by atoms with Crippen LogP contribution in [0, 0.1) is 5.92 Å². The first kappa shape index (κ1) is 14.2. The molecule has 2 atom stereocenters. The summed E-state index contributed by atoms with van der Waals surface area (Å²) in [6.45, 7) is 10.2. The van der Waals surface area contributed by atoms with Crippen molar-refractivity contribution in [3.05, 3.63) is 18.1 Å². The van der Waals surface area contributed by atoms with E-state index in [9.17, 15) is 0 Å². The molecule has 0 aromatic carbocycles. The quantitative estimate of drug-likeness (QED) is 0.755. The van der Waals surface area contributed by atoms with Crippen molar-refractivity contribution in [2.75, 3.05) is 0 Å². The van der Waals surface area contributed by atoms with E-state index < -0.39 is 0 Å². The molecule has 4 heteroatoms. The maximum absolute atomic E-state index is 6.23. The third kappa shape index (κ3) is 4.15. The molecule has 0 amide bonds. The summed E-state index contributed by atoms with van der Waals surface area (Å²) < 4.78 is 5.57. The lowest BCUT2D eigenvalue weighted by Gasteiger charge is -2.23. The molecule has 1 rings (SSSR count). The van der Waals surface area contributed by atoms with Gasteiger partial charge in [0.25, 0.3) is 0 Å². The Kier molecular flexibility index (Phi) is 5.19. The number of aromatic nitrogens is 2. The maximum atomic E-state index is 6.23. The fraction of sp³-hybridized carbons (Fsp3) is 0.692. The highest BCUT2D eigenvalue weighted by Gasteiger charge is 2.23. The van der Waals surface area contributed by atoms with Gasteiger partial charge in [-0.15, -0.1) is 11.6 Å². The summed E-state index contributed by atoms with van der Waals surface area (Å²) in [6.07, 6.45) is 1.66. The molecular formula is C13H21ClN2O. The van der Waals surface area contributed by atoms with Crippen molar-refractivity contribution < 1.29 is 4.74 Å². The standard InChI is InChI=1S/C13H21ClN2O/c1-8(2)13(10(5)14)11-6-12(16-7-15-11)17-9(3)4/h6-10,13H,1-5H3. The Balaban J connectivity index is 2.96. The molecule has 17 heavy (non-hydrogen) atoms. The van der Waals surface area contributed by atoms with Gasteiger partial charge < -0.3 is 4.74 Å². The number of hydrogen-bond donors (Lipinski definition) is 0. The Morgan fingerprint density at radius 3 is 2.24 bits per heavy atom. The van der Waals surface area contributed by atoms with Crippen LogP contribution in [0.25, 0.3) is 0 Å². The molecule has 0 spiro atoms. The SMILES string of the molecule is CC(C)Oc1cc(C(C(C)C)C(C)Cl)ncn1. The maximum Gasteiger partial charge on any atom is 0.216 e. The molecule has 96 valence electrons. The van der Waals surface area contributed by atoms with Crippen LogP contribution in [-0.4, -0.2) is 21.4 Å². The third-order valence-corrected chi connectivity index (χ3v) is 2.85. The fourth-order valence-corrected chi connectivity index (χ4v) is 2.37. The molecule has 0 saturated carbocycles. The molecule has 1 aromatic heterocycles. The Morgan fingerprint density at radius 2 is 1.76 bits per heavy atom. The van der Waals surface area contributed by atoms with E-state index in [2.05, 4.69) is 23.8 Å². The summed E-state index contributed by atoms with van der Waals surface area (Å²) >= 11 is 6.23. The van der Waals surface area contributed by atoms with Gasteiger partial charge in [-0.2, -0.15) is 0 Å². The predicted molar refractivity (Wildman–Crippen MR) is 70.7 cm³/mol. The molecule has 3 nitrogen and oxygen atoms in total. The molecule has 1 heterocycles. The summed E-state index contributed by atoms with van der Waals surface area (Å²) in [6, 6.07) is 1.89. The van der Waals surface area contributed by atoms with Crippen LogP contribution in [0.4, 0.5) is 0 Å². The number of rotatable bonds is 5. The molecule has 0 fully saturated rings. The molecule has 0 aliphatic rings. The van der Waals surface area contributed by atoms with Crippen LogP contribution in [0.5, 0.6) is 5.88 Å². The van der Waals surface area contributed by atoms with E-state index in [4.69, 9.17) is 16.3 Å². The second-order valence-corrected chi connectivity index (χ2v) is 5.58. The lowest BCUT2D eigenvalue weighted by molar-refractivity contribution is 0.231. The Morgan fingerprint density at radius 1 is 1.12 bits per heavy atom. The van der Waals surface area contributed by atoms with Gasteiger partial charge in [0.15, 0.2) is 0 Å². The Labute approximate surface area is 109 Å². The van der Waals surface area contributed by atoms with Crippen LogP contribution in [0.2, 0.25) is 0 Å². The predicted octanol–water partition coefficient (Wildman–Crippen LogP) is 3.63. The molecule has 0 aliphatic carbocycles. The minimum Gasteiger partial charge on any atom is -0.475 e. The first-order valence-electron chi connectivity index (χ1n) is 6.04. The zero-order chi connectivity index (χ0) is 13.0. The van der Waals surface area contributed by atoms with Gasteiger partial charge in [-0.25, -0.2) is 9.97 Å². The summed E-state index contributed by atoms with van der Waals surface area (Å²) in [5.74, 6) is 1.27. The zero-order valence-corrected chi connectivity index (χ0v) is 11.9. The highest BCUT2D eigenvalue weighted by atomic mass is 35.5. The number of alkyl halides is 1. The van der Waals surface area contributed by atoms with Gasteiger partial charge in [-0.05, 0) is 26.7 Å². The van der Waals surface area contributed by atoms with Gasteiger partial charge in [0.1, 0.15) is 6.33 Å². The van der Waals surface area contributed by atoms with Crippen LogP contribution in [-0.2, 0) is 0 Å². The number of halogens is 1. The monoisotopic (exact) mass is 256 g/mol. The molecule has 0 bridgehead atoms. The van der Waals surface area contributed by atoms with Gasteiger partial charge in [-0.3, -0.25) is 0 Å². The van der Waals surface area contributed by atoms with Crippen LogP contribution >= 0.6 is 11.6 Å². The van der Waals surface area contributed by atoms with E-state index in [1.165, 1.54) is 0 Å². The third-order valence-electron chi connectivity index (χ3n) is 2.57. The molecule has 0 aliphatic heterocycles. The second-order valence-electron chi connectivity index (χ2n) is 4.90. The van der Waals surface area contributed by atoms with E-state index in [-0.39, 0.29) is 17.4 Å². The summed E-state index contributed by atoms with van der Waals surface area (Å²) in [7, 11) is 0. The Hall–Kier alpha value is -0.830. The number of ether oxygens (including phenoxy) is 1. The molecule has 0 radical (unpaired) electrons. The molecule has 0 saturated heterocycles. The van der Waals surface area contributed by atoms with E-state index in [1.54, 1.807) is 6.33 Å². The smallest absolute Gasteiger partial charge is 0.216 e. The normalized spacial score (nSPS) is 15.1. The van der Waals surface area contributed by atoms with Crippen molar-refractivity contribution in [3.8, 4) is 5.88 Å². The lowest BCUT2D eigenvalue weighted by atomic mass is 9.89. The van der Waals surface area contributed by atoms with Crippen LogP contribution in [0.1, 0.15) is 46.2 Å². The van der Waals surface area contributed by atoms with Gasteiger partial charge in [0.2, 0.25) is 5.88 Å². The molecule has 0 N–H and O–H groups in total. The Bertz CT molecular complexity index is 345. The van der Waals surface area contributed by atoms with Gasteiger partial charge in [-0.1, -0.05) is 13.8 Å². The fourth-order valence-electron chi connectivity index (χ4n) is 1.95. The largest absolute Gasteiger partial charge is 0.475 e. The number of hydrogen-bond acceptors (Lipinski definition) is 3.